The van der Waals surface area contributed by atoms with Crippen molar-refractivity contribution in [3.05, 3.63) is 120 Å². The van der Waals surface area contributed by atoms with Crippen molar-refractivity contribution in [1.82, 2.24) is 9.88 Å². The first-order valence-corrected chi connectivity index (χ1v) is 11.5. The van der Waals surface area contributed by atoms with Crippen molar-refractivity contribution in [3.63, 3.8) is 0 Å². The van der Waals surface area contributed by atoms with Crippen LogP contribution < -0.4 is 5.32 Å². The second-order valence-corrected chi connectivity index (χ2v) is 8.46. The summed E-state index contributed by atoms with van der Waals surface area (Å²) in [7, 11) is 0. The number of anilines is 1. The van der Waals surface area contributed by atoms with Crippen LogP contribution >= 0.6 is 0 Å². The second-order valence-electron chi connectivity index (χ2n) is 8.46. The first kappa shape index (κ1) is 22.3. The molecule has 2 heterocycles. The molecule has 0 bridgehead atoms. The Kier molecular flexibility index (Phi) is 6.52. The zero-order chi connectivity index (χ0) is 24.0. The van der Waals surface area contributed by atoms with Crippen LogP contribution in [0.5, 0.6) is 0 Å². The summed E-state index contributed by atoms with van der Waals surface area (Å²) in [5.41, 5.74) is 4.68. The molecule has 0 aliphatic carbocycles. The molecule has 1 unspecified atom stereocenters. The van der Waals surface area contributed by atoms with Crippen molar-refractivity contribution < 1.29 is 14.3 Å². The van der Waals surface area contributed by atoms with Crippen LogP contribution in [0.4, 0.5) is 10.6 Å². The molecular weight excluding hydrogens is 438 g/mol. The van der Waals surface area contributed by atoms with Gasteiger partial charge in [0.15, 0.2) is 0 Å². The predicted octanol–water partition coefficient (Wildman–Crippen LogP) is 5.45. The normalized spacial score (nSPS) is 14.5. The van der Waals surface area contributed by atoms with E-state index in [1.54, 1.807) is 6.20 Å². The van der Waals surface area contributed by atoms with Crippen LogP contribution in [0.1, 0.15) is 16.7 Å². The van der Waals surface area contributed by atoms with E-state index >= 15 is 0 Å². The molecule has 1 aromatic heterocycles. The fourth-order valence-electron chi connectivity index (χ4n) is 4.20. The number of hydrogen-bond acceptors (Lipinski definition) is 4. The molecule has 2 amide bonds. The molecule has 4 aromatic rings. The minimum Gasteiger partial charge on any atom is -0.445 e. The van der Waals surface area contributed by atoms with E-state index in [4.69, 9.17) is 4.74 Å². The lowest BCUT2D eigenvalue weighted by Crippen LogP contribution is -2.50. The van der Waals surface area contributed by atoms with Crippen molar-refractivity contribution in [1.29, 1.82) is 0 Å². The van der Waals surface area contributed by atoms with Crippen LogP contribution in [0.2, 0.25) is 0 Å². The Morgan fingerprint density at radius 3 is 2.20 bits per heavy atom. The lowest BCUT2D eigenvalue weighted by atomic mass is 9.97. The molecular formula is C29H25N3O3. The molecule has 5 rings (SSSR count). The molecule has 6 heteroatoms. The van der Waals surface area contributed by atoms with Gasteiger partial charge in [-0.2, -0.15) is 0 Å². The molecule has 1 N–H and O–H groups in total. The van der Waals surface area contributed by atoms with E-state index in [1.807, 2.05) is 97.1 Å². The molecule has 0 radical (unpaired) electrons. The van der Waals surface area contributed by atoms with E-state index in [1.165, 1.54) is 4.90 Å². The average molecular weight is 464 g/mol. The number of aromatic nitrogens is 1. The van der Waals surface area contributed by atoms with Gasteiger partial charge in [0.25, 0.3) is 0 Å². The maximum absolute atomic E-state index is 13.3. The number of carbonyl (C=O) groups is 2. The van der Waals surface area contributed by atoms with Gasteiger partial charge < -0.3 is 10.1 Å². The molecule has 1 aliphatic rings. The van der Waals surface area contributed by atoms with Gasteiger partial charge in [-0.1, -0.05) is 91.0 Å². The van der Waals surface area contributed by atoms with Crippen LogP contribution in [0.3, 0.4) is 0 Å². The molecule has 6 nitrogen and oxygen atoms in total. The molecule has 1 atom stereocenters. The Hall–Kier alpha value is -4.45. The third kappa shape index (κ3) is 5.22. The van der Waals surface area contributed by atoms with Crippen LogP contribution in [0.25, 0.3) is 11.1 Å². The minimum atomic E-state index is -0.723. The van der Waals surface area contributed by atoms with Crippen LogP contribution in [-0.4, -0.2) is 27.9 Å². The Morgan fingerprint density at radius 2 is 1.51 bits per heavy atom. The summed E-state index contributed by atoms with van der Waals surface area (Å²) in [5, 5.41) is 2.88. The first-order chi connectivity index (χ1) is 17.2. The molecule has 0 saturated carbocycles. The van der Waals surface area contributed by atoms with Gasteiger partial charge in [-0.05, 0) is 28.3 Å². The molecule has 1 aliphatic heterocycles. The number of benzene rings is 3. The van der Waals surface area contributed by atoms with Gasteiger partial charge in [-0.3, -0.25) is 9.69 Å². The zero-order valence-corrected chi connectivity index (χ0v) is 19.1. The third-order valence-corrected chi connectivity index (χ3v) is 6.04. The summed E-state index contributed by atoms with van der Waals surface area (Å²) < 4.78 is 5.64. The number of amides is 2. The number of ether oxygens (including phenoxy) is 1. The Morgan fingerprint density at radius 1 is 0.886 bits per heavy atom. The number of pyridine rings is 1. The van der Waals surface area contributed by atoms with Crippen molar-refractivity contribution in [3.8, 4) is 11.1 Å². The summed E-state index contributed by atoms with van der Waals surface area (Å²) >= 11 is 0. The molecule has 174 valence electrons. The summed E-state index contributed by atoms with van der Waals surface area (Å²) in [4.78, 5) is 32.4. The van der Waals surface area contributed by atoms with E-state index in [0.717, 1.165) is 27.8 Å². The minimum absolute atomic E-state index is 0.135. The van der Waals surface area contributed by atoms with E-state index in [0.29, 0.717) is 12.2 Å². The van der Waals surface area contributed by atoms with E-state index in [2.05, 4.69) is 10.3 Å². The molecule has 3 aromatic carbocycles. The molecule has 35 heavy (non-hydrogen) atoms. The van der Waals surface area contributed by atoms with Gasteiger partial charge in [0.05, 0.1) is 0 Å². The highest BCUT2D eigenvalue weighted by atomic mass is 16.6. The number of rotatable bonds is 6. The number of fused-ring (bicyclic) bond motifs is 1. The SMILES string of the molecule is O=C1Nc2ncc(-c3ccccc3)cc2CC1N(Cc1ccccc1)C(=O)OCc1ccccc1. The van der Waals surface area contributed by atoms with Gasteiger partial charge in [0.1, 0.15) is 18.5 Å². The monoisotopic (exact) mass is 463 g/mol. The Balaban J connectivity index is 1.41. The van der Waals surface area contributed by atoms with Gasteiger partial charge in [0, 0.05) is 24.7 Å². The molecule has 0 spiro atoms. The summed E-state index contributed by atoms with van der Waals surface area (Å²) in [6, 6.07) is 30.4. The standard InChI is InChI=1S/C29H25N3O3/c33-28-26(17-24-16-25(18-30-27(24)31-28)23-14-8-3-9-15-23)32(19-21-10-4-1-5-11-21)29(34)35-20-22-12-6-2-7-13-22/h1-16,18,26H,17,19-20H2,(H,30,31,33). The smallest absolute Gasteiger partial charge is 0.411 e. The van der Waals surface area contributed by atoms with Crippen molar-refractivity contribution >= 4 is 17.8 Å². The van der Waals surface area contributed by atoms with Gasteiger partial charge in [0.2, 0.25) is 5.91 Å². The highest BCUT2D eigenvalue weighted by Gasteiger charge is 2.35. The van der Waals surface area contributed by atoms with Crippen LogP contribution in [0.15, 0.2) is 103 Å². The average Bonchev–Trinajstić information content (AvgIpc) is 2.91. The van der Waals surface area contributed by atoms with Gasteiger partial charge >= 0.3 is 6.09 Å². The second kappa shape index (κ2) is 10.2. The lowest BCUT2D eigenvalue weighted by Gasteiger charge is -2.33. The zero-order valence-electron chi connectivity index (χ0n) is 19.1. The van der Waals surface area contributed by atoms with E-state index < -0.39 is 12.1 Å². The van der Waals surface area contributed by atoms with Crippen LogP contribution in [-0.2, 0) is 29.1 Å². The molecule has 0 fully saturated rings. The van der Waals surface area contributed by atoms with Crippen molar-refractivity contribution in [2.45, 2.75) is 25.6 Å². The highest BCUT2D eigenvalue weighted by molar-refractivity contribution is 5.99. The van der Waals surface area contributed by atoms with Crippen LogP contribution in [0, 0.1) is 0 Å². The maximum atomic E-state index is 13.3. The number of nitrogens with one attached hydrogen (secondary N) is 1. The largest absolute Gasteiger partial charge is 0.445 e. The fraction of sp³-hybridized carbons (Fsp3) is 0.138. The Labute approximate surface area is 204 Å². The quantitative estimate of drug-likeness (QED) is 0.413. The van der Waals surface area contributed by atoms with E-state index in [9.17, 15) is 9.59 Å². The third-order valence-electron chi connectivity index (χ3n) is 6.04. The first-order valence-electron chi connectivity index (χ1n) is 11.5. The van der Waals surface area contributed by atoms with Crippen molar-refractivity contribution in [2.24, 2.45) is 0 Å². The molecule has 0 saturated heterocycles. The maximum Gasteiger partial charge on any atom is 0.411 e. The number of hydrogen-bond donors (Lipinski definition) is 1. The highest BCUT2D eigenvalue weighted by Crippen LogP contribution is 2.29. The van der Waals surface area contributed by atoms with Gasteiger partial charge in [-0.25, -0.2) is 9.78 Å². The lowest BCUT2D eigenvalue weighted by molar-refractivity contribution is -0.121. The number of carbonyl (C=O) groups excluding carboxylic acids is 2. The van der Waals surface area contributed by atoms with E-state index in [-0.39, 0.29) is 19.1 Å². The fourth-order valence-corrected chi connectivity index (χ4v) is 4.20. The summed E-state index contributed by atoms with van der Waals surface area (Å²) in [6.45, 7) is 0.392. The predicted molar refractivity (Wildman–Crippen MR) is 134 cm³/mol. The van der Waals surface area contributed by atoms with Crippen molar-refractivity contribution in [2.75, 3.05) is 5.32 Å². The Bertz CT molecular complexity index is 1310. The summed E-state index contributed by atoms with van der Waals surface area (Å²) in [5.74, 6) is 0.258. The topological polar surface area (TPSA) is 71.5 Å². The summed E-state index contributed by atoms with van der Waals surface area (Å²) in [6.07, 6.45) is 1.57. The number of nitrogens with zero attached hydrogens (tertiary/aromatic N) is 2. The van der Waals surface area contributed by atoms with Gasteiger partial charge in [-0.15, -0.1) is 0 Å².